The van der Waals surface area contributed by atoms with Crippen LogP contribution in [0.5, 0.6) is 0 Å². The van der Waals surface area contributed by atoms with Gasteiger partial charge in [-0.25, -0.2) is 0 Å². The molecule has 1 nitrogen and oxygen atoms in total. The third kappa shape index (κ3) is 3.10. The molecular formula is C16H18OS2. The van der Waals surface area contributed by atoms with Crippen LogP contribution in [0.3, 0.4) is 0 Å². The van der Waals surface area contributed by atoms with Crippen molar-refractivity contribution in [3.63, 3.8) is 0 Å². The largest absolute Gasteiger partial charge is 0.255 e. The molecule has 2 rings (SSSR count). The number of aryl methyl sites for hydroxylation is 1. The third-order valence-electron chi connectivity index (χ3n) is 3.24. The summed E-state index contributed by atoms with van der Waals surface area (Å²) in [4.78, 5) is 3.46. The molecular weight excluding hydrogens is 272 g/mol. The molecule has 0 saturated carbocycles. The van der Waals surface area contributed by atoms with Crippen molar-refractivity contribution in [2.75, 3.05) is 6.26 Å². The Kier molecular flexibility index (Phi) is 4.48. The lowest BCUT2D eigenvalue weighted by Crippen LogP contribution is -1.99. The van der Waals surface area contributed by atoms with E-state index in [4.69, 9.17) is 0 Å². The predicted octanol–water partition coefficient (Wildman–Crippen LogP) is 4.50. The van der Waals surface area contributed by atoms with E-state index in [9.17, 15) is 4.21 Å². The highest BCUT2D eigenvalue weighted by Gasteiger charge is 2.13. The van der Waals surface area contributed by atoms with E-state index in [0.29, 0.717) is 0 Å². The molecule has 0 saturated heterocycles. The maximum atomic E-state index is 11.8. The lowest BCUT2D eigenvalue weighted by Gasteiger charge is -2.14. The van der Waals surface area contributed by atoms with Crippen molar-refractivity contribution in [2.24, 2.45) is 0 Å². The lowest BCUT2D eigenvalue weighted by atomic mass is 10.1. The second-order valence-electron chi connectivity index (χ2n) is 4.64. The Morgan fingerprint density at radius 3 is 2.21 bits per heavy atom. The molecule has 19 heavy (non-hydrogen) atoms. The van der Waals surface area contributed by atoms with E-state index in [0.717, 1.165) is 16.0 Å². The molecule has 0 N–H and O–H groups in total. The Balaban J connectivity index is 2.46. The third-order valence-corrected chi connectivity index (χ3v) is 5.59. The first kappa shape index (κ1) is 14.4. The van der Waals surface area contributed by atoms with Crippen molar-refractivity contribution in [2.45, 2.75) is 35.5 Å². The van der Waals surface area contributed by atoms with E-state index in [1.54, 1.807) is 18.0 Å². The number of hydrogen-bond acceptors (Lipinski definition) is 2. The molecule has 0 bridgehead atoms. The van der Waals surface area contributed by atoms with Crippen LogP contribution in [0, 0.1) is 20.8 Å². The molecule has 0 spiro atoms. The summed E-state index contributed by atoms with van der Waals surface area (Å²) in [6, 6.07) is 12.5. The minimum atomic E-state index is -0.926. The van der Waals surface area contributed by atoms with Gasteiger partial charge >= 0.3 is 0 Å². The van der Waals surface area contributed by atoms with E-state index in [-0.39, 0.29) is 0 Å². The van der Waals surface area contributed by atoms with Gasteiger partial charge in [0.2, 0.25) is 0 Å². The van der Waals surface area contributed by atoms with Gasteiger partial charge in [-0.15, -0.1) is 0 Å². The van der Waals surface area contributed by atoms with Crippen molar-refractivity contribution >= 4 is 22.6 Å². The average molecular weight is 290 g/mol. The Labute approximate surface area is 121 Å². The summed E-state index contributed by atoms with van der Waals surface area (Å²) in [7, 11) is -0.926. The highest BCUT2D eigenvalue weighted by Crippen LogP contribution is 2.35. The molecule has 0 aromatic heterocycles. The first-order chi connectivity index (χ1) is 9.00. The van der Waals surface area contributed by atoms with Crippen LogP contribution in [0.25, 0.3) is 0 Å². The second kappa shape index (κ2) is 5.93. The monoisotopic (exact) mass is 290 g/mol. The van der Waals surface area contributed by atoms with E-state index in [1.165, 1.54) is 15.4 Å². The minimum absolute atomic E-state index is 0.926. The van der Waals surface area contributed by atoms with Gasteiger partial charge in [0.15, 0.2) is 0 Å². The summed E-state index contributed by atoms with van der Waals surface area (Å²) in [5.74, 6) is 0. The van der Waals surface area contributed by atoms with Crippen LogP contribution in [-0.2, 0) is 10.8 Å². The second-order valence-corrected chi connectivity index (χ2v) is 7.07. The van der Waals surface area contributed by atoms with Crippen LogP contribution in [0.15, 0.2) is 51.1 Å². The Hall–Kier alpha value is -1.06. The lowest BCUT2D eigenvalue weighted by molar-refractivity contribution is 0.685. The van der Waals surface area contributed by atoms with E-state index in [2.05, 4.69) is 32.0 Å². The van der Waals surface area contributed by atoms with Gasteiger partial charge in [-0.05, 0) is 55.7 Å². The van der Waals surface area contributed by atoms with Crippen molar-refractivity contribution in [1.29, 1.82) is 0 Å². The molecule has 3 heteroatoms. The fraction of sp³-hybridized carbons (Fsp3) is 0.250. The van der Waals surface area contributed by atoms with Crippen LogP contribution < -0.4 is 0 Å². The summed E-state index contributed by atoms with van der Waals surface area (Å²) in [5.41, 5.74) is 3.49. The first-order valence-electron chi connectivity index (χ1n) is 6.18. The standard InChI is InChI=1S/C16H18OS2/c1-11-10-15(18-14-8-6-5-7-9-14)12(2)13(3)16(11)19(4)17/h5-10H,1-4H3. The van der Waals surface area contributed by atoms with Gasteiger partial charge in [0.05, 0.1) is 10.8 Å². The van der Waals surface area contributed by atoms with Gasteiger partial charge in [-0.1, -0.05) is 30.0 Å². The Morgan fingerprint density at radius 2 is 1.63 bits per heavy atom. The van der Waals surface area contributed by atoms with Gasteiger partial charge in [0.1, 0.15) is 0 Å². The van der Waals surface area contributed by atoms with Crippen molar-refractivity contribution < 1.29 is 4.21 Å². The first-order valence-corrected chi connectivity index (χ1v) is 8.55. The van der Waals surface area contributed by atoms with Crippen LogP contribution in [-0.4, -0.2) is 10.5 Å². The molecule has 0 heterocycles. The molecule has 1 unspecified atom stereocenters. The zero-order valence-electron chi connectivity index (χ0n) is 11.7. The number of rotatable bonds is 3. The highest BCUT2D eigenvalue weighted by atomic mass is 32.2. The van der Waals surface area contributed by atoms with E-state index < -0.39 is 10.8 Å². The zero-order chi connectivity index (χ0) is 14.0. The molecule has 0 amide bonds. The molecule has 100 valence electrons. The maximum Gasteiger partial charge on any atom is 0.0503 e. The normalized spacial score (nSPS) is 12.4. The Bertz CT molecular complexity index is 618. The van der Waals surface area contributed by atoms with Crippen molar-refractivity contribution in [3.8, 4) is 0 Å². The van der Waals surface area contributed by atoms with Gasteiger partial charge in [-0.3, -0.25) is 4.21 Å². The summed E-state index contributed by atoms with van der Waals surface area (Å²) in [6.07, 6.45) is 1.75. The molecule has 2 aromatic carbocycles. The van der Waals surface area contributed by atoms with Gasteiger partial charge in [0.25, 0.3) is 0 Å². The SMILES string of the molecule is Cc1cc(Sc2ccccc2)c(C)c(C)c1S(C)=O. The van der Waals surface area contributed by atoms with Gasteiger partial charge in [-0.2, -0.15) is 0 Å². The van der Waals surface area contributed by atoms with Crippen LogP contribution in [0.4, 0.5) is 0 Å². The molecule has 1 atom stereocenters. The summed E-state index contributed by atoms with van der Waals surface area (Å²) >= 11 is 1.76. The van der Waals surface area contributed by atoms with Crippen molar-refractivity contribution in [1.82, 2.24) is 0 Å². The predicted molar refractivity (Wildman–Crippen MR) is 83.6 cm³/mol. The zero-order valence-corrected chi connectivity index (χ0v) is 13.3. The molecule has 0 aliphatic rings. The minimum Gasteiger partial charge on any atom is -0.255 e. The van der Waals surface area contributed by atoms with Crippen LogP contribution in [0.1, 0.15) is 16.7 Å². The smallest absolute Gasteiger partial charge is 0.0503 e. The van der Waals surface area contributed by atoms with E-state index >= 15 is 0 Å². The number of hydrogen-bond donors (Lipinski definition) is 0. The van der Waals surface area contributed by atoms with Crippen LogP contribution in [0.2, 0.25) is 0 Å². The number of benzene rings is 2. The van der Waals surface area contributed by atoms with Crippen LogP contribution >= 0.6 is 11.8 Å². The topological polar surface area (TPSA) is 17.1 Å². The fourth-order valence-electron chi connectivity index (χ4n) is 2.19. The van der Waals surface area contributed by atoms with Gasteiger partial charge in [0, 0.05) is 20.9 Å². The quantitative estimate of drug-likeness (QED) is 0.828. The molecule has 0 fully saturated rings. The molecule has 0 aliphatic carbocycles. The van der Waals surface area contributed by atoms with E-state index in [1.807, 2.05) is 25.1 Å². The fourth-order valence-corrected chi connectivity index (χ4v) is 4.37. The summed E-state index contributed by atoms with van der Waals surface area (Å²) in [6.45, 7) is 6.21. The van der Waals surface area contributed by atoms with Gasteiger partial charge < -0.3 is 0 Å². The summed E-state index contributed by atoms with van der Waals surface area (Å²) in [5, 5.41) is 0. The molecule has 0 aliphatic heterocycles. The highest BCUT2D eigenvalue weighted by molar-refractivity contribution is 7.99. The molecule has 0 radical (unpaired) electrons. The average Bonchev–Trinajstić information content (AvgIpc) is 2.36. The summed E-state index contributed by atoms with van der Waals surface area (Å²) < 4.78 is 11.8. The maximum absolute atomic E-state index is 11.8. The van der Waals surface area contributed by atoms with Crippen molar-refractivity contribution in [3.05, 3.63) is 53.1 Å². The Morgan fingerprint density at radius 1 is 1.00 bits per heavy atom. The molecule has 2 aromatic rings.